The van der Waals surface area contributed by atoms with Crippen LogP contribution < -0.4 is 10.6 Å². The number of benzene rings is 3. The van der Waals surface area contributed by atoms with Crippen LogP contribution in [-0.2, 0) is 9.47 Å². The Balaban J connectivity index is 2.47. The van der Waals surface area contributed by atoms with Crippen LogP contribution in [0.3, 0.4) is 0 Å². The van der Waals surface area contributed by atoms with Crippen LogP contribution in [0.1, 0.15) is 62.3 Å². The highest BCUT2D eigenvalue weighted by Gasteiger charge is 2.21. The zero-order valence-corrected chi connectivity index (χ0v) is 20.1. The Bertz CT molecular complexity index is 1110. The fraction of sp³-hybridized carbons (Fsp3) is 0.385. The largest absolute Gasteiger partial charge is 0.465 e. The van der Waals surface area contributed by atoms with Crippen LogP contribution in [-0.4, -0.2) is 37.2 Å². The predicted molar refractivity (Wildman–Crippen MR) is 131 cm³/mol. The second-order valence-corrected chi connectivity index (χ2v) is 10.0. The number of hydrogen-bond acceptors (Lipinski definition) is 6. The SMILES string of the molecule is COC(=O)c1cc(NC(C)(C)C)c2c(ccc3cc(C(=O)OC)cc(NC(C)(C)C)c32)c1. The lowest BCUT2D eigenvalue weighted by atomic mass is 9.93. The monoisotopic (exact) mass is 436 g/mol. The summed E-state index contributed by atoms with van der Waals surface area (Å²) < 4.78 is 9.94. The molecule has 32 heavy (non-hydrogen) atoms. The van der Waals surface area contributed by atoms with Gasteiger partial charge in [-0.3, -0.25) is 0 Å². The van der Waals surface area contributed by atoms with Gasteiger partial charge in [-0.05, 0) is 76.6 Å². The van der Waals surface area contributed by atoms with Gasteiger partial charge in [-0.25, -0.2) is 9.59 Å². The minimum absolute atomic E-state index is 0.243. The maximum Gasteiger partial charge on any atom is 0.337 e. The Labute approximate surface area is 189 Å². The smallest absolute Gasteiger partial charge is 0.337 e. The van der Waals surface area contributed by atoms with Crippen molar-refractivity contribution in [2.24, 2.45) is 0 Å². The molecule has 170 valence electrons. The lowest BCUT2D eigenvalue weighted by Crippen LogP contribution is -2.27. The molecule has 3 rings (SSSR count). The number of hydrogen-bond donors (Lipinski definition) is 2. The van der Waals surface area contributed by atoms with E-state index in [-0.39, 0.29) is 11.1 Å². The van der Waals surface area contributed by atoms with Gasteiger partial charge in [0, 0.05) is 33.2 Å². The summed E-state index contributed by atoms with van der Waals surface area (Å²) in [7, 11) is 2.76. The van der Waals surface area contributed by atoms with Crippen molar-refractivity contribution in [3.8, 4) is 0 Å². The molecule has 0 aliphatic heterocycles. The van der Waals surface area contributed by atoms with E-state index in [2.05, 4.69) is 52.2 Å². The molecule has 0 amide bonds. The van der Waals surface area contributed by atoms with Gasteiger partial charge in [0.05, 0.1) is 25.3 Å². The molecule has 2 N–H and O–H groups in total. The van der Waals surface area contributed by atoms with Gasteiger partial charge in [0.1, 0.15) is 0 Å². The number of rotatable bonds is 4. The summed E-state index contributed by atoms with van der Waals surface area (Å²) in [5.74, 6) is -0.781. The quantitative estimate of drug-likeness (QED) is 0.387. The van der Waals surface area contributed by atoms with Gasteiger partial charge in [-0.2, -0.15) is 0 Å². The maximum atomic E-state index is 12.3. The Morgan fingerprint density at radius 2 is 1.00 bits per heavy atom. The van der Waals surface area contributed by atoms with Crippen LogP contribution in [0.15, 0.2) is 36.4 Å². The van der Waals surface area contributed by atoms with Crippen molar-refractivity contribution in [2.75, 3.05) is 24.9 Å². The lowest BCUT2D eigenvalue weighted by molar-refractivity contribution is 0.0592. The highest BCUT2D eigenvalue weighted by Crippen LogP contribution is 2.39. The highest BCUT2D eigenvalue weighted by molar-refractivity contribution is 6.20. The van der Waals surface area contributed by atoms with E-state index in [0.29, 0.717) is 11.1 Å². The normalized spacial score (nSPS) is 12.0. The molecule has 0 fully saturated rings. The number of nitrogens with one attached hydrogen (secondary N) is 2. The minimum atomic E-state index is -0.391. The van der Waals surface area contributed by atoms with Gasteiger partial charge in [-0.1, -0.05) is 12.1 Å². The molecule has 3 aromatic carbocycles. The summed E-state index contributed by atoms with van der Waals surface area (Å²) in [5.41, 5.74) is 2.11. The van der Waals surface area contributed by atoms with E-state index in [1.165, 1.54) is 14.2 Å². The molecule has 0 saturated carbocycles. The van der Waals surface area contributed by atoms with Crippen molar-refractivity contribution in [1.82, 2.24) is 0 Å². The lowest BCUT2D eigenvalue weighted by Gasteiger charge is -2.27. The fourth-order valence-electron chi connectivity index (χ4n) is 3.81. The summed E-state index contributed by atoms with van der Waals surface area (Å²) in [5, 5.41) is 10.8. The van der Waals surface area contributed by atoms with E-state index < -0.39 is 11.9 Å². The average molecular weight is 437 g/mol. The molecular formula is C26H32N2O4. The van der Waals surface area contributed by atoms with Crippen LogP contribution in [0.4, 0.5) is 11.4 Å². The van der Waals surface area contributed by atoms with E-state index in [1.54, 1.807) is 0 Å². The molecule has 0 aromatic heterocycles. The predicted octanol–water partition coefficient (Wildman–Crippen LogP) is 5.99. The molecule has 6 nitrogen and oxygen atoms in total. The minimum Gasteiger partial charge on any atom is -0.465 e. The summed E-state index contributed by atoms with van der Waals surface area (Å²) in [6.07, 6.45) is 0. The third kappa shape index (κ3) is 4.96. The van der Waals surface area contributed by atoms with E-state index in [4.69, 9.17) is 9.47 Å². The summed E-state index contributed by atoms with van der Waals surface area (Å²) >= 11 is 0. The van der Waals surface area contributed by atoms with Crippen molar-refractivity contribution in [3.05, 3.63) is 47.5 Å². The molecular weight excluding hydrogens is 404 g/mol. The number of esters is 2. The molecule has 0 atom stereocenters. The Morgan fingerprint density at radius 3 is 1.28 bits per heavy atom. The van der Waals surface area contributed by atoms with Gasteiger partial charge in [-0.15, -0.1) is 0 Å². The molecule has 0 aliphatic carbocycles. The van der Waals surface area contributed by atoms with Crippen LogP contribution >= 0.6 is 0 Å². The molecule has 0 saturated heterocycles. The van der Waals surface area contributed by atoms with Crippen molar-refractivity contribution in [2.45, 2.75) is 52.6 Å². The van der Waals surface area contributed by atoms with Crippen LogP contribution in [0, 0.1) is 0 Å². The van der Waals surface area contributed by atoms with Crippen LogP contribution in [0.5, 0.6) is 0 Å². The van der Waals surface area contributed by atoms with Crippen molar-refractivity contribution in [1.29, 1.82) is 0 Å². The number of carbonyl (C=O) groups is 2. The number of methoxy groups -OCH3 is 2. The summed E-state index contributed by atoms with van der Waals surface area (Å²) in [4.78, 5) is 24.7. The van der Waals surface area contributed by atoms with E-state index in [0.717, 1.165) is 32.9 Å². The van der Waals surface area contributed by atoms with E-state index in [1.807, 2.05) is 36.4 Å². The standard InChI is InChI=1S/C26H32N2O4/c1-25(2,3)27-19-13-17(23(29)31-7)11-15-9-10-16-12-18(24(30)32-8)14-20(22(16)21(15)19)28-26(4,5)6/h9-14,27-28H,1-8H3. The summed E-state index contributed by atoms with van der Waals surface area (Å²) in [6.45, 7) is 12.4. The van der Waals surface area contributed by atoms with Gasteiger partial charge < -0.3 is 20.1 Å². The van der Waals surface area contributed by atoms with Gasteiger partial charge in [0.2, 0.25) is 0 Å². The fourth-order valence-corrected chi connectivity index (χ4v) is 3.81. The maximum absolute atomic E-state index is 12.3. The molecule has 0 bridgehead atoms. The molecule has 0 aliphatic rings. The first-order valence-electron chi connectivity index (χ1n) is 10.6. The van der Waals surface area contributed by atoms with Gasteiger partial charge >= 0.3 is 11.9 Å². The first-order chi connectivity index (χ1) is 14.8. The Kier molecular flexibility index (Phi) is 6.09. The van der Waals surface area contributed by atoms with Crippen molar-refractivity contribution < 1.29 is 19.1 Å². The number of anilines is 2. The van der Waals surface area contributed by atoms with Crippen LogP contribution in [0.25, 0.3) is 21.5 Å². The third-order valence-corrected chi connectivity index (χ3v) is 4.89. The third-order valence-electron chi connectivity index (χ3n) is 4.89. The molecule has 0 spiro atoms. The second-order valence-electron chi connectivity index (χ2n) is 10.0. The number of carbonyl (C=O) groups excluding carboxylic acids is 2. The highest BCUT2D eigenvalue weighted by atomic mass is 16.5. The van der Waals surface area contributed by atoms with Gasteiger partial charge in [0.25, 0.3) is 0 Å². The molecule has 0 heterocycles. The van der Waals surface area contributed by atoms with Gasteiger partial charge in [0.15, 0.2) is 0 Å². The van der Waals surface area contributed by atoms with E-state index >= 15 is 0 Å². The van der Waals surface area contributed by atoms with Crippen molar-refractivity contribution in [3.63, 3.8) is 0 Å². The topological polar surface area (TPSA) is 76.7 Å². The number of ether oxygens (including phenoxy) is 2. The molecule has 0 radical (unpaired) electrons. The molecule has 3 aromatic rings. The van der Waals surface area contributed by atoms with Crippen molar-refractivity contribution >= 4 is 44.9 Å². The molecule has 6 heteroatoms. The first-order valence-corrected chi connectivity index (χ1v) is 10.6. The Morgan fingerprint density at radius 1 is 0.656 bits per heavy atom. The molecule has 0 unspecified atom stereocenters. The zero-order valence-electron chi connectivity index (χ0n) is 20.1. The van der Waals surface area contributed by atoms with Crippen LogP contribution in [0.2, 0.25) is 0 Å². The number of fused-ring (bicyclic) bond motifs is 3. The summed E-state index contributed by atoms with van der Waals surface area (Å²) in [6, 6.07) is 11.2. The average Bonchev–Trinajstić information content (AvgIpc) is 2.69. The van der Waals surface area contributed by atoms with E-state index in [9.17, 15) is 9.59 Å². The first kappa shape index (κ1) is 23.4. The second kappa shape index (κ2) is 8.34. The Hall–Kier alpha value is -3.28. The zero-order chi connectivity index (χ0) is 23.8.